The van der Waals surface area contributed by atoms with Crippen LogP contribution in [0.2, 0.25) is 5.02 Å². The van der Waals surface area contributed by atoms with E-state index < -0.39 is 0 Å². The van der Waals surface area contributed by atoms with Crippen LogP contribution in [0, 0.1) is 6.92 Å². The van der Waals surface area contributed by atoms with Gasteiger partial charge in [0.1, 0.15) is 0 Å². The highest BCUT2D eigenvalue weighted by molar-refractivity contribution is 6.31. The van der Waals surface area contributed by atoms with Gasteiger partial charge in [-0.05, 0) is 13.3 Å². The lowest BCUT2D eigenvalue weighted by Crippen LogP contribution is -2.11. The molecule has 0 spiro atoms. The average molecular weight is 245 g/mol. The Labute approximate surface area is 101 Å². The minimum atomic E-state index is -0.181. The van der Waals surface area contributed by atoms with E-state index in [1.54, 1.807) is 10.9 Å². The van der Waals surface area contributed by atoms with E-state index >= 15 is 0 Å². The maximum Gasteiger partial charge on any atom is 0.307 e. The lowest BCUT2D eigenvalue weighted by atomic mass is 10.3. The van der Waals surface area contributed by atoms with E-state index in [2.05, 4.69) is 12.0 Å². The van der Waals surface area contributed by atoms with Crippen molar-refractivity contribution >= 4 is 17.6 Å². The SMILES string of the molecule is CCCCOC(=O)CCn1ncc(Cl)c1C. The first kappa shape index (κ1) is 13.0. The molecule has 0 fully saturated rings. The molecular formula is C11H17ClN2O2. The van der Waals surface area contributed by atoms with Crippen molar-refractivity contribution in [2.45, 2.75) is 39.7 Å². The van der Waals surface area contributed by atoms with Crippen molar-refractivity contribution < 1.29 is 9.53 Å². The standard InChI is InChI=1S/C11H17ClN2O2/c1-3-4-7-16-11(15)5-6-14-9(2)10(12)8-13-14/h8H,3-7H2,1-2H3. The number of esters is 1. The third kappa shape index (κ3) is 3.85. The Morgan fingerprint density at radius 3 is 2.94 bits per heavy atom. The third-order valence-corrected chi connectivity index (χ3v) is 2.70. The van der Waals surface area contributed by atoms with Gasteiger partial charge in [-0.15, -0.1) is 0 Å². The Bertz CT molecular complexity index is 350. The quantitative estimate of drug-likeness (QED) is 0.571. The van der Waals surface area contributed by atoms with Crippen molar-refractivity contribution in [1.29, 1.82) is 0 Å². The second-order valence-corrected chi connectivity index (χ2v) is 4.03. The predicted octanol–water partition coefficient (Wildman–Crippen LogP) is 2.58. The molecule has 0 bridgehead atoms. The summed E-state index contributed by atoms with van der Waals surface area (Å²) in [7, 11) is 0. The van der Waals surface area contributed by atoms with Gasteiger partial charge in [-0.2, -0.15) is 5.10 Å². The highest BCUT2D eigenvalue weighted by Crippen LogP contribution is 2.13. The topological polar surface area (TPSA) is 44.1 Å². The van der Waals surface area contributed by atoms with E-state index in [1.165, 1.54) is 0 Å². The van der Waals surface area contributed by atoms with E-state index in [9.17, 15) is 4.79 Å². The molecule has 0 N–H and O–H groups in total. The van der Waals surface area contributed by atoms with Crippen molar-refractivity contribution in [3.05, 3.63) is 16.9 Å². The van der Waals surface area contributed by atoms with Crippen LogP contribution in [0.3, 0.4) is 0 Å². The summed E-state index contributed by atoms with van der Waals surface area (Å²) < 4.78 is 6.75. The van der Waals surface area contributed by atoms with Crippen LogP contribution in [0.1, 0.15) is 31.9 Å². The zero-order valence-electron chi connectivity index (χ0n) is 9.70. The minimum Gasteiger partial charge on any atom is -0.466 e. The number of ether oxygens (including phenoxy) is 1. The highest BCUT2D eigenvalue weighted by Gasteiger charge is 2.07. The molecule has 1 aromatic heterocycles. The monoisotopic (exact) mass is 244 g/mol. The summed E-state index contributed by atoms with van der Waals surface area (Å²) in [6, 6.07) is 0. The number of aromatic nitrogens is 2. The molecule has 0 amide bonds. The van der Waals surface area contributed by atoms with Crippen molar-refractivity contribution in [2.24, 2.45) is 0 Å². The summed E-state index contributed by atoms with van der Waals surface area (Å²) in [4.78, 5) is 11.3. The Morgan fingerprint density at radius 2 is 2.38 bits per heavy atom. The van der Waals surface area contributed by atoms with Crippen LogP contribution in [0.15, 0.2) is 6.20 Å². The normalized spacial score (nSPS) is 10.4. The fourth-order valence-electron chi connectivity index (χ4n) is 1.25. The molecule has 5 heteroatoms. The smallest absolute Gasteiger partial charge is 0.307 e. The lowest BCUT2D eigenvalue weighted by Gasteiger charge is -2.05. The third-order valence-electron chi connectivity index (χ3n) is 2.33. The van der Waals surface area contributed by atoms with Crippen LogP contribution in [0.5, 0.6) is 0 Å². The van der Waals surface area contributed by atoms with Gasteiger partial charge in [0.2, 0.25) is 0 Å². The second kappa shape index (κ2) is 6.53. The van der Waals surface area contributed by atoms with Gasteiger partial charge in [-0.25, -0.2) is 0 Å². The Hall–Kier alpha value is -1.03. The number of rotatable bonds is 6. The zero-order chi connectivity index (χ0) is 12.0. The van der Waals surface area contributed by atoms with Crippen molar-refractivity contribution in [3.63, 3.8) is 0 Å². The number of hydrogen-bond donors (Lipinski definition) is 0. The van der Waals surface area contributed by atoms with Gasteiger partial charge >= 0.3 is 5.97 Å². The molecule has 16 heavy (non-hydrogen) atoms. The molecule has 0 aliphatic carbocycles. The molecule has 1 rings (SSSR count). The van der Waals surface area contributed by atoms with E-state index in [4.69, 9.17) is 16.3 Å². The van der Waals surface area contributed by atoms with E-state index in [1.807, 2.05) is 6.92 Å². The number of aryl methyl sites for hydroxylation is 1. The van der Waals surface area contributed by atoms with Crippen molar-refractivity contribution in [3.8, 4) is 0 Å². The summed E-state index contributed by atoms with van der Waals surface area (Å²) in [5.41, 5.74) is 0.878. The number of halogens is 1. The number of carbonyl (C=O) groups is 1. The first-order valence-corrected chi connectivity index (χ1v) is 5.86. The molecule has 90 valence electrons. The number of hydrogen-bond acceptors (Lipinski definition) is 3. The molecule has 0 aliphatic heterocycles. The molecule has 0 saturated heterocycles. The van der Waals surface area contributed by atoms with Crippen LogP contribution in [-0.2, 0) is 16.1 Å². The van der Waals surface area contributed by atoms with Crippen molar-refractivity contribution in [2.75, 3.05) is 6.61 Å². The van der Waals surface area contributed by atoms with Crippen LogP contribution in [-0.4, -0.2) is 22.4 Å². The molecule has 1 heterocycles. The van der Waals surface area contributed by atoms with E-state index in [0.717, 1.165) is 18.5 Å². The summed E-state index contributed by atoms with van der Waals surface area (Å²) >= 11 is 5.85. The first-order valence-electron chi connectivity index (χ1n) is 5.48. The van der Waals surface area contributed by atoms with Gasteiger partial charge in [0.05, 0.1) is 36.5 Å². The molecule has 0 radical (unpaired) electrons. The molecule has 0 unspecified atom stereocenters. The molecule has 4 nitrogen and oxygen atoms in total. The van der Waals surface area contributed by atoms with E-state index in [0.29, 0.717) is 24.6 Å². The van der Waals surface area contributed by atoms with Gasteiger partial charge in [0, 0.05) is 0 Å². The van der Waals surface area contributed by atoms with Crippen LogP contribution >= 0.6 is 11.6 Å². The fraction of sp³-hybridized carbons (Fsp3) is 0.636. The van der Waals surface area contributed by atoms with Gasteiger partial charge in [0.15, 0.2) is 0 Å². The van der Waals surface area contributed by atoms with Gasteiger partial charge in [0.25, 0.3) is 0 Å². The van der Waals surface area contributed by atoms with Gasteiger partial charge in [-0.3, -0.25) is 9.48 Å². The van der Waals surface area contributed by atoms with Gasteiger partial charge < -0.3 is 4.74 Å². The summed E-state index contributed by atoms with van der Waals surface area (Å²) in [5.74, 6) is -0.181. The van der Waals surface area contributed by atoms with Crippen LogP contribution < -0.4 is 0 Å². The Balaban J connectivity index is 2.29. The maximum atomic E-state index is 11.3. The summed E-state index contributed by atoms with van der Waals surface area (Å²) in [6.07, 6.45) is 3.86. The largest absolute Gasteiger partial charge is 0.466 e. The molecule has 1 aromatic rings. The fourth-order valence-corrected chi connectivity index (χ4v) is 1.39. The molecular weight excluding hydrogens is 228 g/mol. The second-order valence-electron chi connectivity index (χ2n) is 3.63. The summed E-state index contributed by atoms with van der Waals surface area (Å²) in [6.45, 7) is 4.96. The molecule has 0 atom stereocenters. The maximum absolute atomic E-state index is 11.3. The van der Waals surface area contributed by atoms with E-state index in [-0.39, 0.29) is 5.97 Å². The predicted molar refractivity (Wildman–Crippen MR) is 62.5 cm³/mol. The Kier molecular flexibility index (Phi) is 5.32. The number of carbonyl (C=O) groups excluding carboxylic acids is 1. The lowest BCUT2D eigenvalue weighted by molar-refractivity contribution is -0.144. The summed E-state index contributed by atoms with van der Waals surface area (Å²) in [5, 5.41) is 4.69. The molecule has 0 saturated carbocycles. The minimum absolute atomic E-state index is 0.181. The van der Waals surface area contributed by atoms with Gasteiger partial charge in [-0.1, -0.05) is 24.9 Å². The average Bonchev–Trinajstić information content (AvgIpc) is 2.58. The first-order chi connectivity index (χ1) is 7.65. The Morgan fingerprint density at radius 1 is 1.62 bits per heavy atom. The molecule has 0 aliphatic rings. The van der Waals surface area contributed by atoms with Crippen LogP contribution in [0.4, 0.5) is 0 Å². The highest BCUT2D eigenvalue weighted by atomic mass is 35.5. The molecule has 0 aromatic carbocycles. The number of unbranched alkanes of at least 4 members (excludes halogenated alkanes) is 1. The number of nitrogens with zero attached hydrogens (tertiary/aromatic N) is 2. The van der Waals surface area contributed by atoms with Crippen molar-refractivity contribution in [1.82, 2.24) is 9.78 Å². The van der Waals surface area contributed by atoms with Crippen LogP contribution in [0.25, 0.3) is 0 Å². The zero-order valence-corrected chi connectivity index (χ0v) is 10.5.